The van der Waals surface area contributed by atoms with Crippen LogP contribution in [0.5, 0.6) is 0 Å². The normalized spacial score (nSPS) is 10.8. The van der Waals surface area contributed by atoms with E-state index < -0.39 is 0 Å². The first-order chi connectivity index (χ1) is 7.67. The molecule has 0 saturated carbocycles. The van der Waals surface area contributed by atoms with E-state index in [0.29, 0.717) is 0 Å². The van der Waals surface area contributed by atoms with E-state index in [2.05, 4.69) is 34.3 Å². The molecule has 5 heteroatoms. The number of aryl methyl sites for hydroxylation is 1. The molecule has 0 aromatic carbocycles. The van der Waals surface area contributed by atoms with E-state index in [1.165, 1.54) is 5.56 Å². The average Bonchev–Trinajstić information content (AvgIpc) is 2.29. The molecule has 90 valence electrons. The lowest BCUT2D eigenvalue weighted by Gasteiger charge is -2.11. The van der Waals surface area contributed by atoms with Gasteiger partial charge in [0.05, 0.1) is 0 Å². The molecule has 0 bridgehead atoms. The third-order valence-corrected chi connectivity index (χ3v) is 2.88. The summed E-state index contributed by atoms with van der Waals surface area (Å²) in [6.45, 7) is 1.09. The highest BCUT2D eigenvalue weighted by molar-refractivity contribution is 7.98. The van der Waals surface area contributed by atoms with Crippen LogP contribution in [-0.4, -0.2) is 48.8 Å². The maximum atomic E-state index is 4.43. The lowest BCUT2D eigenvalue weighted by Crippen LogP contribution is -2.14. The molecule has 0 atom stereocenters. The molecule has 0 aliphatic rings. The van der Waals surface area contributed by atoms with E-state index in [1.807, 2.05) is 19.5 Å². The second kappa shape index (κ2) is 6.70. The molecule has 0 spiro atoms. The van der Waals surface area contributed by atoms with Crippen LogP contribution in [-0.2, 0) is 6.42 Å². The van der Waals surface area contributed by atoms with Gasteiger partial charge in [-0.2, -0.15) is 0 Å². The number of nitrogens with zero attached hydrogens (tertiary/aromatic N) is 3. The van der Waals surface area contributed by atoms with Crippen LogP contribution >= 0.6 is 11.8 Å². The van der Waals surface area contributed by atoms with Crippen LogP contribution in [0.2, 0.25) is 0 Å². The smallest absolute Gasteiger partial charge is 0.189 e. The molecule has 0 unspecified atom stereocenters. The molecule has 0 saturated heterocycles. The van der Waals surface area contributed by atoms with Gasteiger partial charge < -0.3 is 10.2 Å². The third-order valence-electron chi connectivity index (χ3n) is 2.31. The van der Waals surface area contributed by atoms with Gasteiger partial charge in [-0.25, -0.2) is 9.97 Å². The van der Waals surface area contributed by atoms with Crippen molar-refractivity contribution in [2.45, 2.75) is 18.0 Å². The molecule has 0 aliphatic carbocycles. The van der Waals surface area contributed by atoms with Crippen molar-refractivity contribution in [2.24, 2.45) is 0 Å². The van der Waals surface area contributed by atoms with Gasteiger partial charge in [-0.15, -0.1) is 0 Å². The quantitative estimate of drug-likeness (QED) is 0.606. The van der Waals surface area contributed by atoms with Crippen molar-refractivity contribution in [1.82, 2.24) is 14.9 Å². The summed E-state index contributed by atoms with van der Waals surface area (Å²) in [6.07, 6.45) is 6.06. The summed E-state index contributed by atoms with van der Waals surface area (Å²) in [7, 11) is 6.08. The second-order valence-corrected chi connectivity index (χ2v) is 4.66. The summed E-state index contributed by atoms with van der Waals surface area (Å²) in [5, 5.41) is 3.95. The number of nitrogens with one attached hydrogen (secondary N) is 1. The number of thioether (sulfide) groups is 1. The van der Waals surface area contributed by atoms with Crippen LogP contribution in [0.15, 0.2) is 11.4 Å². The minimum absolute atomic E-state index is 0.820. The van der Waals surface area contributed by atoms with Gasteiger partial charge in [0.25, 0.3) is 0 Å². The van der Waals surface area contributed by atoms with Crippen molar-refractivity contribution >= 4 is 17.6 Å². The molecule has 1 N–H and O–H groups in total. The van der Waals surface area contributed by atoms with Gasteiger partial charge in [0.2, 0.25) is 0 Å². The number of rotatable bonds is 6. The molecule has 0 fully saturated rings. The van der Waals surface area contributed by atoms with Crippen molar-refractivity contribution in [2.75, 3.05) is 39.3 Å². The molecule has 1 aromatic heterocycles. The molecular formula is C11H20N4S. The Hall–Kier alpha value is -0.810. The van der Waals surface area contributed by atoms with Crippen LogP contribution in [0.3, 0.4) is 0 Å². The Morgan fingerprint density at radius 3 is 2.75 bits per heavy atom. The van der Waals surface area contributed by atoms with E-state index in [1.54, 1.807) is 11.8 Å². The van der Waals surface area contributed by atoms with Gasteiger partial charge in [0.15, 0.2) is 5.16 Å². The van der Waals surface area contributed by atoms with Gasteiger partial charge in [-0.3, -0.25) is 0 Å². The fraction of sp³-hybridized carbons (Fsp3) is 0.636. The number of aromatic nitrogens is 2. The van der Waals surface area contributed by atoms with Crippen molar-refractivity contribution in [3.05, 3.63) is 11.8 Å². The summed E-state index contributed by atoms with van der Waals surface area (Å²) >= 11 is 1.57. The molecule has 1 aromatic rings. The summed E-state index contributed by atoms with van der Waals surface area (Å²) in [5.41, 5.74) is 1.20. The van der Waals surface area contributed by atoms with Crippen molar-refractivity contribution in [1.29, 1.82) is 0 Å². The topological polar surface area (TPSA) is 41.1 Å². The van der Waals surface area contributed by atoms with Crippen LogP contribution in [0.25, 0.3) is 0 Å². The molecule has 0 radical (unpaired) electrons. The predicted molar refractivity (Wildman–Crippen MR) is 70.2 cm³/mol. The molecule has 1 rings (SSSR count). The Balaban J connectivity index is 2.64. The predicted octanol–water partition coefficient (Wildman–Crippen LogP) is 1.73. The summed E-state index contributed by atoms with van der Waals surface area (Å²) in [5.74, 6) is 0.957. The first-order valence-corrected chi connectivity index (χ1v) is 6.62. The zero-order chi connectivity index (χ0) is 12.0. The van der Waals surface area contributed by atoms with Gasteiger partial charge in [0, 0.05) is 18.8 Å². The largest absolute Gasteiger partial charge is 0.373 e. The van der Waals surface area contributed by atoms with E-state index in [4.69, 9.17) is 0 Å². The van der Waals surface area contributed by atoms with Crippen molar-refractivity contribution < 1.29 is 0 Å². The Morgan fingerprint density at radius 2 is 2.19 bits per heavy atom. The maximum absolute atomic E-state index is 4.43. The van der Waals surface area contributed by atoms with Gasteiger partial charge in [-0.05, 0) is 39.7 Å². The lowest BCUT2D eigenvalue weighted by molar-refractivity contribution is 0.400. The zero-order valence-corrected chi connectivity index (χ0v) is 11.3. The molecule has 1 heterocycles. The van der Waals surface area contributed by atoms with Gasteiger partial charge in [0.1, 0.15) is 5.82 Å². The van der Waals surface area contributed by atoms with Gasteiger partial charge in [-0.1, -0.05) is 11.8 Å². The highest BCUT2D eigenvalue weighted by Crippen LogP contribution is 2.17. The van der Waals surface area contributed by atoms with Crippen LogP contribution in [0, 0.1) is 0 Å². The Bertz CT molecular complexity index is 328. The van der Waals surface area contributed by atoms with Crippen LogP contribution < -0.4 is 5.32 Å². The number of hydrogen-bond acceptors (Lipinski definition) is 5. The third kappa shape index (κ3) is 3.98. The first kappa shape index (κ1) is 13.3. The number of anilines is 1. The molecular weight excluding hydrogens is 220 g/mol. The molecule has 0 amide bonds. The molecule has 16 heavy (non-hydrogen) atoms. The average molecular weight is 240 g/mol. The highest BCUT2D eigenvalue weighted by atomic mass is 32.2. The summed E-state index contributed by atoms with van der Waals surface area (Å²) < 4.78 is 0. The second-order valence-electron chi connectivity index (χ2n) is 3.89. The fourth-order valence-electron chi connectivity index (χ4n) is 1.47. The fourth-order valence-corrected chi connectivity index (χ4v) is 1.81. The van der Waals surface area contributed by atoms with E-state index >= 15 is 0 Å². The zero-order valence-electron chi connectivity index (χ0n) is 10.4. The Kier molecular flexibility index (Phi) is 5.55. The Morgan fingerprint density at radius 1 is 1.44 bits per heavy atom. The highest BCUT2D eigenvalue weighted by Gasteiger charge is 2.05. The standard InChI is InChI=1S/C11H20N4S/c1-12-10-9(6-5-7-15(2)3)8-13-11(14-10)16-4/h8H,5-7H2,1-4H3,(H,12,13,14). The minimum Gasteiger partial charge on any atom is -0.373 e. The van der Waals surface area contributed by atoms with E-state index in [-0.39, 0.29) is 0 Å². The molecule has 0 aliphatic heterocycles. The molecule has 4 nitrogen and oxygen atoms in total. The van der Waals surface area contributed by atoms with Crippen LogP contribution in [0.1, 0.15) is 12.0 Å². The van der Waals surface area contributed by atoms with E-state index in [9.17, 15) is 0 Å². The monoisotopic (exact) mass is 240 g/mol. The summed E-state index contributed by atoms with van der Waals surface area (Å²) in [6, 6.07) is 0. The number of hydrogen-bond donors (Lipinski definition) is 1. The van der Waals surface area contributed by atoms with Crippen LogP contribution in [0.4, 0.5) is 5.82 Å². The summed E-state index contributed by atoms with van der Waals surface area (Å²) in [4.78, 5) is 10.9. The SMILES string of the molecule is CNc1nc(SC)ncc1CCCN(C)C. The van der Waals surface area contributed by atoms with E-state index in [0.717, 1.165) is 30.4 Å². The first-order valence-electron chi connectivity index (χ1n) is 5.39. The lowest BCUT2D eigenvalue weighted by atomic mass is 10.1. The van der Waals surface area contributed by atoms with Crippen molar-refractivity contribution in [3.63, 3.8) is 0 Å². The van der Waals surface area contributed by atoms with Gasteiger partial charge >= 0.3 is 0 Å². The minimum atomic E-state index is 0.820. The Labute approximate surface area is 102 Å². The van der Waals surface area contributed by atoms with Crippen molar-refractivity contribution in [3.8, 4) is 0 Å². The maximum Gasteiger partial charge on any atom is 0.189 e.